The number of aromatic nitrogens is 2. The zero-order valence-electron chi connectivity index (χ0n) is 19.4. The Morgan fingerprint density at radius 1 is 1.30 bits per heavy atom. The summed E-state index contributed by atoms with van der Waals surface area (Å²) in [5.74, 6) is 1.29. The van der Waals surface area contributed by atoms with Gasteiger partial charge in [0.15, 0.2) is 14.7 Å². The fourth-order valence-corrected chi connectivity index (χ4v) is 4.38. The maximum Gasteiger partial charge on any atom is 0.323 e. The molecule has 0 amide bonds. The fourth-order valence-electron chi connectivity index (χ4n) is 3.58. The third-order valence-corrected chi connectivity index (χ3v) is 9.65. The van der Waals surface area contributed by atoms with Gasteiger partial charge in [0.05, 0.1) is 18.3 Å². The van der Waals surface area contributed by atoms with E-state index in [0.717, 1.165) is 29.1 Å². The highest BCUT2D eigenvalue weighted by molar-refractivity contribution is 6.72. The number of aliphatic imine (C=N–C) groups is 1. The van der Waals surface area contributed by atoms with E-state index >= 15 is 0 Å². The summed E-state index contributed by atoms with van der Waals surface area (Å²) in [6.07, 6.45) is 4.98. The summed E-state index contributed by atoms with van der Waals surface area (Å²) in [4.78, 5) is 19.7. The lowest BCUT2D eigenvalue weighted by molar-refractivity contribution is 0.265. The molecule has 2 rings (SSSR count). The van der Waals surface area contributed by atoms with Crippen molar-refractivity contribution >= 4 is 22.8 Å². The monoisotopic (exact) mass is 429 g/mol. The third-order valence-electron chi connectivity index (χ3n) is 6.13. The molecule has 0 aliphatic carbocycles. The average Bonchev–Trinajstić information content (AvgIpc) is 3.06. The highest BCUT2D eigenvalue weighted by Gasteiger charge is 2.39. The molecular weight excluding hydrogens is 393 g/mol. The van der Waals surface area contributed by atoms with Gasteiger partial charge in [0.25, 0.3) is 0 Å². The van der Waals surface area contributed by atoms with Crippen molar-refractivity contribution in [2.24, 2.45) is 12.0 Å². The first-order valence-electron chi connectivity index (χ1n) is 10.5. The summed E-state index contributed by atoms with van der Waals surface area (Å²) in [6.45, 7) is 10.5. The number of hydrogen-bond acceptors (Lipinski definition) is 5. The second kappa shape index (κ2) is 9.94. The van der Waals surface area contributed by atoms with Gasteiger partial charge in [-0.05, 0) is 36.5 Å². The first kappa shape index (κ1) is 24.4. The molecule has 164 valence electrons. The third kappa shape index (κ3) is 6.06. The topological polar surface area (TPSA) is 79.9 Å². The Hall–Kier alpha value is -1.90. The minimum absolute atomic E-state index is 0.0209. The van der Waals surface area contributed by atoms with E-state index in [9.17, 15) is 9.90 Å². The number of benzene rings is 1. The Kier molecular flexibility index (Phi) is 8.07. The van der Waals surface area contributed by atoms with E-state index in [4.69, 9.17) is 9.64 Å². The molecule has 6 nitrogen and oxygen atoms in total. The van der Waals surface area contributed by atoms with Crippen molar-refractivity contribution in [3.8, 4) is 11.3 Å². The Morgan fingerprint density at radius 2 is 1.93 bits per heavy atom. The van der Waals surface area contributed by atoms with E-state index in [1.54, 1.807) is 8.05 Å². The molecule has 1 aromatic heterocycles. The van der Waals surface area contributed by atoms with Gasteiger partial charge in [-0.3, -0.25) is 4.99 Å². The van der Waals surface area contributed by atoms with Gasteiger partial charge in [0, 0.05) is 24.7 Å². The minimum Gasteiger partial charge on any atom is -0.560 e. The van der Waals surface area contributed by atoms with Crippen LogP contribution in [0.5, 0.6) is 0 Å². The van der Waals surface area contributed by atoms with Gasteiger partial charge >= 0.3 is 8.05 Å². The molecule has 0 aliphatic heterocycles. The summed E-state index contributed by atoms with van der Waals surface area (Å²) in [5, 5.41) is 9.38. The maximum atomic E-state index is 10.6. The van der Waals surface area contributed by atoms with Gasteiger partial charge in [-0.15, -0.1) is 0 Å². The second-order valence-electron chi connectivity index (χ2n) is 9.37. The SMILES string of the molecule is BOC=NC(CO)Cc1ccc(-c2cn(C)c(C(C)CC(C)(C)[Si](C)(C)O)n2)cc1. The van der Waals surface area contributed by atoms with Gasteiger partial charge in [-0.2, -0.15) is 0 Å². The molecule has 2 N–H and O–H groups in total. The zero-order valence-corrected chi connectivity index (χ0v) is 20.4. The summed E-state index contributed by atoms with van der Waals surface area (Å²) in [5.41, 5.74) is 3.11. The molecule has 1 heterocycles. The maximum absolute atomic E-state index is 10.6. The molecule has 0 radical (unpaired) electrons. The van der Waals surface area contributed by atoms with Crippen LogP contribution in [0.1, 0.15) is 44.5 Å². The Bertz CT molecular complexity index is 844. The van der Waals surface area contributed by atoms with Crippen LogP contribution in [-0.2, 0) is 18.1 Å². The van der Waals surface area contributed by atoms with Crippen LogP contribution < -0.4 is 0 Å². The number of aliphatic hydroxyl groups excluding tert-OH is 1. The molecule has 2 unspecified atom stereocenters. The molecule has 0 aliphatic rings. The number of nitrogens with zero attached hydrogens (tertiary/aromatic N) is 3. The van der Waals surface area contributed by atoms with Crippen molar-refractivity contribution in [2.75, 3.05) is 6.61 Å². The van der Waals surface area contributed by atoms with Crippen molar-refractivity contribution in [3.63, 3.8) is 0 Å². The molecular formula is C22H36BN3O3Si. The van der Waals surface area contributed by atoms with E-state index in [2.05, 4.69) is 60.8 Å². The highest BCUT2D eigenvalue weighted by Crippen LogP contribution is 2.43. The molecule has 0 fully saturated rings. The van der Waals surface area contributed by atoms with Gasteiger partial charge < -0.3 is 19.1 Å². The minimum atomic E-state index is -2.26. The number of imidazole rings is 1. The van der Waals surface area contributed by atoms with Gasteiger partial charge in [-0.25, -0.2) is 4.98 Å². The van der Waals surface area contributed by atoms with Crippen LogP contribution in [0, 0.1) is 0 Å². The fraction of sp³-hybridized carbons (Fsp3) is 0.545. The molecule has 0 saturated heterocycles. The number of aliphatic hydroxyl groups is 1. The number of hydrogen-bond donors (Lipinski definition) is 2. The largest absolute Gasteiger partial charge is 0.560 e. The Morgan fingerprint density at radius 3 is 2.47 bits per heavy atom. The molecule has 30 heavy (non-hydrogen) atoms. The first-order valence-corrected chi connectivity index (χ1v) is 13.4. The standard InChI is InChI=1S/C22H36BN3O3Si/c1-16(12-22(2,3)30(5,6)28)21-25-20(13-26(21)4)18-9-7-17(8-10-18)11-19(14-27)24-15-29-23/h7-10,13,15-16,19,27-28H,11-12,14,23H2,1-6H3. The van der Waals surface area contributed by atoms with E-state index < -0.39 is 8.32 Å². The molecule has 1 aromatic carbocycles. The quantitative estimate of drug-likeness (QED) is 0.346. The van der Waals surface area contributed by atoms with Gasteiger partial charge in [0.2, 0.25) is 0 Å². The van der Waals surface area contributed by atoms with E-state index in [-0.39, 0.29) is 23.6 Å². The predicted molar refractivity (Wildman–Crippen MR) is 128 cm³/mol. The Balaban J connectivity index is 2.15. The lowest BCUT2D eigenvalue weighted by Crippen LogP contribution is -2.39. The molecule has 0 saturated carbocycles. The average molecular weight is 429 g/mol. The smallest absolute Gasteiger partial charge is 0.323 e. The van der Waals surface area contributed by atoms with Crippen molar-refractivity contribution in [2.45, 2.75) is 63.7 Å². The van der Waals surface area contributed by atoms with Crippen molar-refractivity contribution < 1.29 is 14.6 Å². The summed E-state index contributed by atoms with van der Waals surface area (Å²) in [6, 6.07) is 8.03. The Labute approximate surface area is 182 Å². The van der Waals surface area contributed by atoms with Crippen molar-refractivity contribution in [1.82, 2.24) is 9.55 Å². The van der Waals surface area contributed by atoms with Crippen LogP contribution >= 0.6 is 0 Å². The summed E-state index contributed by atoms with van der Waals surface area (Å²) in [7, 11) is 1.32. The lowest BCUT2D eigenvalue weighted by Gasteiger charge is -2.36. The van der Waals surface area contributed by atoms with Crippen molar-refractivity contribution in [3.05, 3.63) is 41.9 Å². The number of aryl methyl sites for hydroxylation is 1. The van der Waals surface area contributed by atoms with Crippen molar-refractivity contribution in [1.29, 1.82) is 0 Å². The molecule has 8 heteroatoms. The van der Waals surface area contributed by atoms with Crippen LogP contribution in [0.15, 0.2) is 35.5 Å². The predicted octanol–water partition coefficient (Wildman–Crippen LogP) is 3.05. The molecule has 0 bridgehead atoms. The normalized spacial score (nSPS) is 14.8. The van der Waals surface area contributed by atoms with Crippen LogP contribution in [0.2, 0.25) is 18.1 Å². The van der Waals surface area contributed by atoms with E-state index in [1.807, 2.05) is 20.1 Å². The molecule has 2 aromatic rings. The van der Waals surface area contributed by atoms with Crippen LogP contribution in [0.4, 0.5) is 0 Å². The lowest BCUT2D eigenvalue weighted by atomic mass is 9.97. The van der Waals surface area contributed by atoms with Gasteiger partial charge in [0.1, 0.15) is 5.82 Å². The summed E-state index contributed by atoms with van der Waals surface area (Å²) < 4.78 is 6.94. The highest BCUT2D eigenvalue weighted by atomic mass is 28.4. The molecule has 0 spiro atoms. The van der Waals surface area contributed by atoms with Crippen LogP contribution in [0.3, 0.4) is 0 Å². The first-order chi connectivity index (χ1) is 14.0. The van der Waals surface area contributed by atoms with E-state index in [0.29, 0.717) is 6.42 Å². The second-order valence-corrected chi connectivity index (χ2v) is 13.8. The molecule has 2 atom stereocenters. The zero-order chi connectivity index (χ0) is 22.5. The van der Waals surface area contributed by atoms with Crippen LogP contribution in [-0.4, -0.2) is 54.9 Å². The number of rotatable bonds is 10. The van der Waals surface area contributed by atoms with Crippen LogP contribution in [0.25, 0.3) is 11.3 Å². The van der Waals surface area contributed by atoms with E-state index in [1.165, 1.54) is 6.40 Å². The van der Waals surface area contributed by atoms with Gasteiger partial charge in [-0.1, -0.05) is 45.0 Å². The summed E-state index contributed by atoms with van der Waals surface area (Å²) >= 11 is 0.